The number of rotatable bonds is 34. The lowest BCUT2D eigenvalue weighted by Gasteiger charge is -2.29. The second kappa shape index (κ2) is 30.7. The average molecular weight is 599 g/mol. The molecule has 0 rings (SSSR count). The van der Waals surface area contributed by atoms with Gasteiger partial charge in [-0.15, -0.1) is 0 Å². The van der Waals surface area contributed by atoms with Gasteiger partial charge in [0.2, 0.25) is 0 Å². The molecule has 0 bridgehead atoms. The molecule has 0 aromatic rings. The van der Waals surface area contributed by atoms with E-state index in [1.807, 2.05) is 0 Å². The Hall–Kier alpha value is -0.710. The summed E-state index contributed by atoms with van der Waals surface area (Å²) in [4.78, 5) is 23.5. The Morgan fingerprint density at radius 2 is 0.780 bits per heavy atom. The first-order chi connectivity index (χ1) is 20.0. The third-order valence-corrected chi connectivity index (χ3v) is 10.1. The topological polar surface area (TPSA) is 74.6 Å². The second-order valence-corrected chi connectivity index (χ2v) is 13.9. The standard InChI is InChI=1S/C36H70O4S/c1-3-5-7-9-11-13-15-17-19-21-23-25-27-30-36(35(39)40,33-41-32-29-34(37)38)31-28-26-24-22-20-18-16-14-12-10-8-6-4-2/h3-33H2,1-2H3,(H,37,38)(H,39,40). The fourth-order valence-electron chi connectivity index (χ4n) is 5.93. The monoisotopic (exact) mass is 598 g/mol. The first-order valence-electron chi connectivity index (χ1n) is 18.0. The molecule has 0 atom stereocenters. The molecule has 244 valence electrons. The molecule has 0 heterocycles. The highest BCUT2D eigenvalue weighted by Gasteiger charge is 2.37. The zero-order chi connectivity index (χ0) is 30.3. The van der Waals surface area contributed by atoms with E-state index in [-0.39, 0.29) is 6.42 Å². The number of carbonyl (C=O) groups is 2. The minimum Gasteiger partial charge on any atom is -0.481 e. The van der Waals surface area contributed by atoms with Gasteiger partial charge in [0, 0.05) is 11.5 Å². The Morgan fingerprint density at radius 1 is 0.488 bits per heavy atom. The van der Waals surface area contributed by atoms with E-state index in [4.69, 9.17) is 5.11 Å². The van der Waals surface area contributed by atoms with Crippen molar-refractivity contribution in [1.29, 1.82) is 0 Å². The number of hydrogen-bond acceptors (Lipinski definition) is 3. The predicted molar refractivity (Wildman–Crippen MR) is 180 cm³/mol. The highest BCUT2D eigenvalue weighted by Crippen LogP contribution is 2.36. The molecule has 0 saturated carbocycles. The normalized spacial score (nSPS) is 11.8. The lowest BCUT2D eigenvalue weighted by molar-refractivity contribution is -0.148. The Balaban J connectivity index is 4.21. The number of carboxylic acids is 2. The Kier molecular flexibility index (Phi) is 30.2. The van der Waals surface area contributed by atoms with Gasteiger partial charge in [-0.2, -0.15) is 11.8 Å². The van der Waals surface area contributed by atoms with E-state index in [1.165, 1.54) is 153 Å². The highest BCUT2D eigenvalue weighted by atomic mass is 32.2. The molecule has 0 aliphatic rings. The van der Waals surface area contributed by atoms with Crippen LogP contribution >= 0.6 is 11.8 Å². The maximum absolute atomic E-state index is 12.5. The minimum atomic E-state index is -0.800. The van der Waals surface area contributed by atoms with Gasteiger partial charge in [0.25, 0.3) is 0 Å². The maximum atomic E-state index is 12.5. The van der Waals surface area contributed by atoms with E-state index in [1.54, 1.807) is 0 Å². The zero-order valence-electron chi connectivity index (χ0n) is 27.5. The van der Waals surface area contributed by atoms with E-state index in [2.05, 4.69) is 13.8 Å². The molecule has 0 aromatic carbocycles. The molecule has 0 radical (unpaired) electrons. The van der Waals surface area contributed by atoms with Crippen molar-refractivity contribution in [3.63, 3.8) is 0 Å². The van der Waals surface area contributed by atoms with Crippen LogP contribution in [0.1, 0.15) is 200 Å². The largest absolute Gasteiger partial charge is 0.481 e. The van der Waals surface area contributed by atoms with E-state index < -0.39 is 17.4 Å². The summed E-state index contributed by atoms with van der Waals surface area (Å²) in [6.45, 7) is 4.53. The predicted octanol–water partition coefficient (Wildman–Crippen LogP) is 12.2. The van der Waals surface area contributed by atoms with Crippen molar-refractivity contribution in [2.45, 2.75) is 200 Å². The Labute approximate surface area is 260 Å². The number of thioether (sulfide) groups is 1. The van der Waals surface area contributed by atoms with Crippen LogP contribution in [0, 0.1) is 5.41 Å². The number of unbranched alkanes of at least 4 members (excludes halogenated alkanes) is 24. The summed E-state index contributed by atoms with van der Waals surface area (Å²) in [7, 11) is 0. The summed E-state index contributed by atoms with van der Waals surface area (Å²) < 4.78 is 0. The molecule has 0 amide bonds. The van der Waals surface area contributed by atoms with E-state index in [9.17, 15) is 14.7 Å². The van der Waals surface area contributed by atoms with Crippen molar-refractivity contribution in [2.24, 2.45) is 5.41 Å². The molecule has 2 N–H and O–H groups in total. The molecule has 41 heavy (non-hydrogen) atoms. The van der Waals surface area contributed by atoms with Gasteiger partial charge in [-0.1, -0.05) is 181 Å². The van der Waals surface area contributed by atoms with Crippen LogP contribution in [0.4, 0.5) is 0 Å². The molecule has 0 aromatic heterocycles. The summed E-state index contributed by atoms with van der Waals surface area (Å²) in [5.41, 5.74) is -0.696. The van der Waals surface area contributed by atoms with Gasteiger partial charge in [-0.25, -0.2) is 0 Å². The van der Waals surface area contributed by atoms with E-state index in [0.29, 0.717) is 11.5 Å². The van der Waals surface area contributed by atoms with E-state index in [0.717, 1.165) is 38.5 Å². The van der Waals surface area contributed by atoms with Crippen molar-refractivity contribution in [2.75, 3.05) is 11.5 Å². The zero-order valence-corrected chi connectivity index (χ0v) is 28.4. The van der Waals surface area contributed by atoms with Crippen molar-refractivity contribution in [1.82, 2.24) is 0 Å². The van der Waals surface area contributed by atoms with Crippen LogP contribution in [0.5, 0.6) is 0 Å². The van der Waals surface area contributed by atoms with Gasteiger partial charge in [-0.05, 0) is 12.8 Å². The summed E-state index contributed by atoms with van der Waals surface area (Å²) >= 11 is 1.53. The maximum Gasteiger partial charge on any atom is 0.310 e. The van der Waals surface area contributed by atoms with Crippen LogP contribution in [0.2, 0.25) is 0 Å². The Bertz CT molecular complexity index is 550. The quantitative estimate of drug-likeness (QED) is 0.0721. The molecular weight excluding hydrogens is 528 g/mol. The van der Waals surface area contributed by atoms with Crippen LogP contribution in [0.3, 0.4) is 0 Å². The van der Waals surface area contributed by atoms with Crippen LogP contribution in [0.25, 0.3) is 0 Å². The van der Waals surface area contributed by atoms with Gasteiger partial charge < -0.3 is 10.2 Å². The molecule has 0 spiro atoms. The fraction of sp³-hybridized carbons (Fsp3) is 0.944. The van der Waals surface area contributed by atoms with Crippen LogP contribution < -0.4 is 0 Å². The highest BCUT2D eigenvalue weighted by molar-refractivity contribution is 7.99. The third-order valence-electron chi connectivity index (χ3n) is 8.81. The first-order valence-corrected chi connectivity index (χ1v) is 19.2. The SMILES string of the molecule is CCCCCCCCCCCCCCCC(CCCCCCCCCCCCCCC)(CSCCC(=O)O)C(=O)O. The van der Waals surface area contributed by atoms with Gasteiger partial charge in [-0.3, -0.25) is 9.59 Å². The summed E-state index contributed by atoms with van der Waals surface area (Å²) in [5, 5.41) is 19.3. The molecule has 5 heteroatoms. The smallest absolute Gasteiger partial charge is 0.310 e. The van der Waals surface area contributed by atoms with Crippen molar-refractivity contribution >= 4 is 23.7 Å². The average Bonchev–Trinajstić information content (AvgIpc) is 2.95. The van der Waals surface area contributed by atoms with Crippen LogP contribution in [-0.4, -0.2) is 33.7 Å². The minimum absolute atomic E-state index is 0.109. The first kappa shape index (κ1) is 40.3. The van der Waals surface area contributed by atoms with Crippen molar-refractivity contribution < 1.29 is 19.8 Å². The molecule has 0 aliphatic carbocycles. The fourth-order valence-corrected chi connectivity index (χ4v) is 7.20. The summed E-state index contributed by atoms with van der Waals surface area (Å²) in [5.74, 6) is -0.419. The van der Waals surface area contributed by atoms with Crippen LogP contribution in [0.15, 0.2) is 0 Å². The van der Waals surface area contributed by atoms with Gasteiger partial charge in [0.05, 0.1) is 11.8 Å². The number of aliphatic carboxylic acids is 2. The number of hydrogen-bond donors (Lipinski definition) is 2. The number of carboxylic acid groups (broad SMARTS) is 2. The Morgan fingerprint density at radius 3 is 1.05 bits per heavy atom. The van der Waals surface area contributed by atoms with Gasteiger partial charge in [0.15, 0.2) is 0 Å². The van der Waals surface area contributed by atoms with E-state index >= 15 is 0 Å². The van der Waals surface area contributed by atoms with Crippen molar-refractivity contribution in [3.05, 3.63) is 0 Å². The third kappa shape index (κ3) is 26.6. The lowest BCUT2D eigenvalue weighted by atomic mass is 9.79. The van der Waals surface area contributed by atoms with Crippen molar-refractivity contribution in [3.8, 4) is 0 Å². The van der Waals surface area contributed by atoms with Crippen LogP contribution in [-0.2, 0) is 9.59 Å². The molecule has 0 saturated heterocycles. The van der Waals surface area contributed by atoms with Gasteiger partial charge >= 0.3 is 11.9 Å². The molecule has 0 fully saturated rings. The molecule has 0 unspecified atom stereocenters. The summed E-state index contributed by atoms with van der Waals surface area (Å²) in [6.07, 6.45) is 35.2. The molecule has 4 nitrogen and oxygen atoms in total. The molecule has 0 aliphatic heterocycles. The second-order valence-electron chi connectivity index (χ2n) is 12.8. The summed E-state index contributed by atoms with van der Waals surface area (Å²) in [6, 6.07) is 0. The lowest BCUT2D eigenvalue weighted by Crippen LogP contribution is -2.34. The molecular formula is C36H70O4S. The van der Waals surface area contributed by atoms with Gasteiger partial charge in [0.1, 0.15) is 0 Å².